The van der Waals surface area contributed by atoms with E-state index < -0.39 is 0 Å². The summed E-state index contributed by atoms with van der Waals surface area (Å²) in [7, 11) is 0. The number of rotatable bonds is 2. The minimum absolute atomic E-state index is 0.0209. The second kappa shape index (κ2) is 7.54. The van der Waals surface area contributed by atoms with Gasteiger partial charge in [-0.05, 0) is 54.7 Å². The molecule has 2 aromatic carbocycles. The molecule has 0 amide bonds. The van der Waals surface area contributed by atoms with Crippen LogP contribution in [-0.2, 0) is 10.2 Å². The summed E-state index contributed by atoms with van der Waals surface area (Å²) in [6.07, 6.45) is 21.0. The van der Waals surface area contributed by atoms with Crippen LogP contribution in [0.3, 0.4) is 0 Å². The maximum absolute atomic E-state index is 6.79. The first-order valence-corrected chi connectivity index (χ1v) is 13.1. The number of benzene rings is 2. The van der Waals surface area contributed by atoms with E-state index >= 15 is 0 Å². The molecule has 6 aliphatic rings. The summed E-state index contributed by atoms with van der Waals surface area (Å²) >= 11 is 0. The Kier molecular flexibility index (Phi) is 4.25. The van der Waals surface area contributed by atoms with Gasteiger partial charge < -0.3 is 20.1 Å². The topological polar surface area (TPSA) is 42.5 Å². The van der Waals surface area contributed by atoms with Crippen LogP contribution in [0.5, 0.6) is 11.5 Å². The molecular weight excluding hydrogens is 444 g/mol. The molecule has 0 radical (unpaired) electrons. The SMILES string of the molecule is C1=CC2OC3=CCCC=C3C3(c4ccc(C5=CNC5)cc4Oc4cc(C5=CCCN5)ccc43)C2C=C1. The van der Waals surface area contributed by atoms with E-state index in [4.69, 9.17) is 9.47 Å². The lowest BCUT2D eigenvalue weighted by molar-refractivity contribution is 0.0641. The highest BCUT2D eigenvalue weighted by molar-refractivity contribution is 5.77. The average molecular weight is 473 g/mol. The maximum Gasteiger partial charge on any atom is 0.132 e. The van der Waals surface area contributed by atoms with E-state index in [9.17, 15) is 0 Å². The number of ether oxygens (including phenoxy) is 2. The number of fused-ring (bicyclic) bond motifs is 8. The Morgan fingerprint density at radius 1 is 0.833 bits per heavy atom. The third-order valence-electron chi connectivity index (χ3n) is 8.47. The summed E-state index contributed by atoms with van der Waals surface area (Å²) in [6.45, 7) is 1.89. The van der Waals surface area contributed by atoms with Crippen LogP contribution < -0.4 is 15.4 Å². The summed E-state index contributed by atoms with van der Waals surface area (Å²) in [5.74, 6) is 3.06. The molecule has 4 heterocycles. The van der Waals surface area contributed by atoms with Gasteiger partial charge in [-0.15, -0.1) is 0 Å². The van der Waals surface area contributed by atoms with Crippen LogP contribution in [0.2, 0.25) is 0 Å². The van der Waals surface area contributed by atoms with Gasteiger partial charge in [-0.25, -0.2) is 0 Å². The minimum Gasteiger partial charge on any atom is -0.486 e. The molecule has 4 nitrogen and oxygen atoms in total. The van der Waals surface area contributed by atoms with Gasteiger partial charge in [0.05, 0.1) is 5.41 Å². The third kappa shape index (κ3) is 2.70. The zero-order valence-corrected chi connectivity index (χ0v) is 20.1. The van der Waals surface area contributed by atoms with E-state index in [1.165, 1.54) is 39.1 Å². The summed E-state index contributed by atoms with van der Waals surface area (Å²) < 4.78 is 13.4. The standard InChI is InChI=1S/C32H28N2O2/c1-3-9-28-23(6-1)32(24-7-2-4-10-29(24)35-28)25-13-11-20(22-18-33-19-22)16-30(25)36-31-17-21(12-14-26(31)32)27-8-5-15-34-27/h1,3,6-14,16-18,23,28,33-34H,2,4-5,15,19H2. The highest BCUT2D eigenvalue weighted by atomic mass is 16.5. The zero-order valence-electron chi connectivity index (χ0n) is 20.1. The van der Waals surface area contributed by atoms with Gasteiger partial charge in [0.15, 0.2) is 0 Å². The van der Waals surface area contributed by atoms with E-state index in [2.05, 4.69) is 95.8 Å². The Labute approximate surface area is 211 Å². The van der Waals surface area contributed by atoms with Crippen LogP contribution in [0.25, 0.3) is 11.3 Å². The molecule has 1 spiro atoms. The molecule has 4 heteroatoms. The van der Waals surface area contributed by atoms with Crippen molar-refractivity contribution in [3.63, 3.8) is 0 Å². The Balaban J connectivity index is 1.41. The van der Waals surface area contributed by atoms with Crippen molar-refractivity contribution in [1.82, 2.24) is 10.6 Å². The molecule has 2 N–H and O–H groups in total. The van der Waals surface area contributed by atoms with Crippen molar-refractivity contribution in [2.24, 2.45) is 5.92 Å². The minimum atomic E-state index is -0.375. The molecule has 1 fully saturated rings. The zero-order chi connectivity index (χ0) is 23.7. The molecule has 4 aliphatic heterocycles. The summed E-state index contributed by atoms with van der Waals surface area (Å²) in [6, 6.07) is 13.6. The van der Waals surface area contributed by atoms with Gasteiger partial charge in [-0.2, -0.15) is 0 Å². The van der Waals surface area contributed by atoms with Crippen LogP contribution in [0.1, 0.15) is 41.5 Å². The molecule has 3 unspecified atom stereocenters. The van der Waals surface area contributed by atoms with Gasteiger partial charge in [-0.1, -0.05) is 54.6 Å². The number of hydrogen-bond acceptors (Lipinski definition) is 4. The molecule has 3 atom stereocenters. The number of allylic oxidation sites excluding steroid dienone is 5. The molecule has 0 saturated carbocycles. The molecule has 178 valence electrons. The van der Waals surface area contributed by atoms with Gasteiger partial charge in [0.2, 0.25) is 0 Å². The van der Waals surface area contributed by atoms with Crippen molar-refractivity contribution in [2.75, 3.05) is 13.1 Å². The molecule has 8 rings (SSSR count). The summed E-state index contributed by atoms with van der Waals surface area (Å²) in [5, 5.41) is 6.79. The van der Waals surface area contributed by atoms with Gasteiger partial charge in [0.1, 0.15) is 23.4 Å². The Morgan fingerprint density at radius 2 is 1.61 bits per heavy atom. The lowest BCUT2D eigenvalue weighted by Gasteiger charge is -2.53. The second-order valence-corrected chi connectivity index (χ2v) is 10.4. The van der Waals surface area contributed by atoms with Crippen LogP contribution in [0.15, 0.2) is 96.5 Å². The predicted molar refractivity (Wildman–Crippen MR) is 142 cm³/mol. The Morgan fingerprint density at radius 3 is 2.39 bits per heavy atom. The maximum atomic E-state index is 6.79. The summed E-state index contributed by atoms with van der Waals surface area (Å²) in [5.41, 5.74) is 8.29. The first kappa shape index (κ1) is 20.3. The predicted octanol–water partition coefficient (Wildman–Crippen LogP) is 6.10. The Hall–Kier alpha value is -3.92. The molecule has 0 aromatic heterocycles. The smallest absolute Gasteiger partial charge is 0.132 e. The van der Waals surface area contributed by atoms with Crippen LogP contribution in [-0.4, -0.2) is 19.2 Å². The third-order valence-corrected chi connectivity index (χ3v) is 8.47. The van der Waals surface area contributed by atoms with Crippen molar-refractivity contribution in [3.05, 3.63) is 119 Å². The van der Waals surface area contributed by atoms with Crippen LogP contribution in [0, 0.1) is 5.92 Å². The molecule has 2 aromatic rings. The number of hydrogen-bond donors (Lipinski definition) is 2. The van der Waals surface area contributed by atoms with Crippen molar-refractivity contribution in [1.29, 1.82) is 0 Å². The van der Waals surface area contributed by atoms with Gasteiger partial charge in [0.25, 0.3) is 0 Å². The highest BCUT2D eigenvalue weighted by Gasteiger charge is 2.57. The van der Waals surface area contributed by atoms with Crippen LogP contribution in [0.4, 0.5) is 0 Å². The van der Waals surface area contributed by atoms with E-state index in [0.717, 1.165) is 49.6 Å². The molecule has 1 saturated heterocycles. The fourth-order valence-electron chi connectivity index (χ4n) is 6.79. The number of nitrogens with one attached hydrogen (secondary N) is 2. The van der Waals surface area contributed by atoms with Crippen molar-refractivity contribution < 1.29 is 9.47 Å². The lowest BCUT2D eigenvalue weighted by Crippen LogP contribution is -2.50. The lowest BCUT2D eigenvalue weighted by atomic mass is 9.55. The van der Waals surface area contributed by atoms with E-state index in [0.29, 0.717) is 0 Å². The first-order valence-electron chi connectivity index (χ1n) is 13.1. The fourth-order valence-corrected chi connectivity index (χ4v) is 6.79. The van der Waals surface area contributed by atoms with Gasteiger partial charge in [-0.3, -0.25) is 0 Å². The Bertz CT molecular complexity index is 1490. The first-order chi connectivity index (χ1) is 17.8. The summed E-state index contributed by atoms with van der Waals surface area (Å²) in [4.78, 5) is 0. The normalized spacial score (nSPS) is 28.3. The average Bonchev–Trinajstić information content (AvgIpc) is 3.42. The molecular formula is C32H28N2O2. The fraction of sp³-hybridized carbons (Fsp3) is 0.250. The van der Waals surface area contributed by atoms with E-state index in [1.54, 1.807) is 0 Å². The van der Waals surface area contributed by atoms with E-state index in [1.807, 2.05) is 0 Å². The van der Waals surface area contributed by atoms with E-state index in [-0.39, 0.29) is 17.4 Å². The van der Waals surface area contributed by atoms with Crippen molar-refractivity contribution in [2.45, 2.75) is 30.8 Å². The largest absolute Gasteiger partial charge is 0.486 e. The molecule has 2 aliphatic carbocycles. The van der Waals surface area contributed by atoms with Crippen molar-refractivity contribution in [3.8, 4) is 11.5 Å². The van der Waals surface area contributed by atoms with Crippen LogP contribution >= 0.6 is 0 Å². The quantitative estimate of drug-likeness (QED) is 0.554. The highest BCUT2D eigenvalue weighted by Crippen LogP contribution is 2.62. The van der Waals surface area contributed by atoms with Gasteiger partial charge in [0, 0.05) is 53.2 Å². The second-order valence-electron chi connectivity index (χ2n) is 10.4. The monoisotopic (exact) mass is 472 g/mol. The van der Waals surface area contributed by atoms with Crippen molar-refractivity contribution >= 4 is 11.3 Å². The molecule has 0 bridgehead atoms. The van der Waals surface area contributed by atoms with Gasteiger partial charge >= 0.3 is 0 Å². The molecule has 36 heavy (non-hydrogen) atoms.